The van der Waals surface area contributed by atoms with Gasteiger partial charge in [0.2, 0.25) is 0 Å². The summed E-state index contributed by atoms with van der Waals surface area (Å²) in [5.74, 6) is -1.81. The van der Waals surface area contributed by atoms with Gasteiger partial charge in [0.25, 0.3) is 0 Å². The average molecular weight is 287 g/mol. The first-order valence-electron chi connectivity index (χ1n) is 6.11. The third-order valence-electron chi connectivity index (χ3n) is 2.67. The van der Waals surface area contributed by atoms with Crippen molar-refractivity contribution >= 4 is 23.3 Å². The summed E-state index contributed by atoms with van der Waals surface area (Å²) in [6, 6.07) is 13.1. The van der Waals surface area contributed by atoms with Crippen LogP contribution >= 0.6 is 0 Å². The van der Waals surface area contributed by atoms with Crippen LogP contribution in [-0.4, -0.2) is 28.8 Å². The minimum atomic E-state index is -1.09. The zero-order valence-corrected chi connectivity index (χ0v) is 10.9. The number of aliphatic carboxylic acids is 1. The van der Waals surface area contributed by atoms with Gasteiger partial charge in [-0.3, -0.25) is 0 Å². The lowest BCUT2D eigenvalue weighted by Crippen LogP contribution is -2.10. The van der Waals surface area contributed by atoms with Crippen molar-refractivity contribution in [3.05, 3.63) is 54.1 Å². The maximum absolute atomic E-state index is 11.2. The Kier molecular flexibility index (Phi) is 4.40. The summed E-state index contributed by atoms with van der Waals surface area (Å²) < 4.78 is 5.16. The monoisotopic (exact) mass is 287 g/mol. The summed E-state index contributed by atoms with van der Waals surface area (Å²) >= 11 is 0. The maximum Gasteiger partial charge on any atom is 0.341 e. The van der Waals surface area contributed by atoms with Crippen LogP contribution in [0.3, 0.4) is 0 Å². The van der Waals surface area contributed by atoms with E-state index in [4.69, 9.17) is 14.9 Å². The molecule has 0 amide bonds. The Morgan fingerprint density at radius 3 is 2.24 bits per heavy atom. The third-order valence-corrected chi connectivity index (χ3v) is 2.67. The topological polar surface area (TPSA) is 95.9 Å². The maximum atomic E-state index is 11.2. The number of para-hydroxylation sites is 3. The van der Waals surface area contributed by atoms with E-state index in [9.17, 15) is 9.59 Å². The Bertz CT molecular complexity index is 669. The zero-order valence-electron chi connectivity index (χ0n) is 10.9. The Balaban J connectivity index is 2.28. The highest BCUT2D eigenvalue weighted by molar-refractivity contribution is 5.95. The Morgan fingerprint density at radius 1 is 0.952 bits per heavy atom. The summed E-state index contributed by atoms with van der Waals surface area (Å²) in [5, 5.41) is 20.7. The highest BCUT2D eigenvalue weighted by atomic mass is 16.5. The lowest BCUT2D eigenvalue weighted by Gasteiger charge is -2.13. The number of benzene rings is 2. The first-order chi connectivity index (χ1) is 10.1. The average Bonchev–Trinajstić information content (AvgIpc) is 2.46. The predicted octanol–water partition coefficient (Wildman–Crippen LogP) is 2.59. The van der Waals surface area contributed by atoms with Crippen molar-refractivity contribution in [2.75, 3.05) is 11.9 Å². The molecule has 0 saturated carbocycles. The van der Waals surface area contributed by atoms with Crippen LogP contribution in [-0.2, 0) is 4.79 Å². The van der Waals surface area contributed by atoms with Crippen LogP contribution in [0.5, 0.6) is 5.75 Å². The summed E-state index contributed by atoms with van der Waals surface area (Å²) in [5.41, 5.74) is 1.01. The number of carboxylic acid groups (broad SMARTS) is 2. The molecule has 0 aliphatic heterocycles. The van der Waals surface area contributed by atoms with Crippen LogP contribution < -0.4 is 10.1 Å². The van der Waals surface area contributed by atoms with E-state index < -0.39 is 18.5 Å². The molecule has 0 fully saturated rings. The SMILES string of the molecule is O=C(O)COc1ccccc1Nc1ccccc1C(=O)O. The Labute approximate surface area is 120 Å². The minimum absolute atomic E-state index is 0.116. The van der Waals surface area contributed by atoms with Crippen molar-refractivity contribution in [1.82, 2.24) is 0 Å². The third kappa shape index (κ3) is 3.73. The van der Waals surface area contributed by atoms with Gasteiger partial charge in [-0.15, -0.1) is 0 Å². The second-order valence-electron chi connectivity index (χ2n) is 4.15. The van der Waals surface area contributed by atoms with E-state index in [-0.39, 0.29) is 5.56 Å². The van der Waals surface area contributed by atoms with Gasteiger partial charge in [-0.2, -0.15) is 0 Å². The number of aromatic carboxylic acids is 1. The fourth-order valence-corrected chi connectivity index (χ4v) is 1.76. The normalized spacial score (nSPS) is 9.90. The number of carboxylic acids is 2. The van der Waals surface area contributed by atoms with Crippen LogP contribution in [0.25, 0.3) is 0 Å². The largest absolute Gasteiger partial charge is 0.480 e. The lowest BCUT2D eigenvalue weighted by molar-refractivity contribution is -0.139. The van der Waals surface area contributed by atoms with Crippen molar-refractivity contribution in [1.29, 1.82) is 0 Å². The Hall–Kier alpha value is -3.02. The van der Waals surface area contributed by atoms with Gasteiger partial charge in [0, 0.05) is 0 Å². The molecule has 108 valence electrons. The number of nitrogens with one attached hydrogen (secondary N) is 1. The molecule has 0 unspecified atom stereocenters. The van der Waals surface area contributed by atoms with E-state index in [0.29, 0.717) is 17.1 Å². The smallest absolute Gasteiger partial charge is 0.341 e. The van der Waals surface area contributed by atoms with Gasteiger partial charge in [0.15, 0.2) is 6.61 Å². The quantitative estimate of drug-likeness (QED) is 0.755. The van der Waals surface area contributed by atoms with Crippen molar-refractivity contribution in [3.8, 4) is 5.75 Å². The van der Waals surface area contributed by atoms with Crippen LogP contribution in [0.4, 0.5) is 11.4 Å². The highest BCUT2D eigenvalue weighted by Gasteiger charge is 2.11. The molecular weight excluding hydrogens is 274 g/mol. The molecule has 0 atom stereocenters. The molecule has 0 aromatic heterocycles. The number of carbonyl (C=O) groups is 2. The fourth-order valence-electron chi connectivity index (χ4n) is 1.76. The molecule has 0 heterocycles. The molecule has 0 bridgehead atoms. The van der Waals surface area contributed by atoms with Gasteiger partial charge in [-0.25, -0.2) is 9.59 Å². The minimum Gasteiger partial charge on any atom is -0.480 e. The number of hydrogen-bond acceptors (Lipinski definition) is 4. The molecule has 2 aromatic rings. The van der Waals surface area contributed by atoms with Gasteiger partial charge in [-0.05, 0) is 24.3 Å². The highest BCUT2D eigenvalue weighted by Crippen LogP contribution is 2.29. The second kappa shape index (κ2) is 6.42. The van der Waals surface area contributed by atoms with Gasteiger partial charge >= 0.3 is 11.9 Å². The van der Waals surface area contributed by atoms with Crippen LogP contribution in [0.2, 0.25) is 0 Å². The number of rotatable bonds is 6. The molecule has 2 aromatic carbocycles. The van der Waals surface area contributed by atoms with E-state index in [1.54, 1.807) is 42.5 Å². The van der Waals surface area contributed by atoms with Crippen molar-refractivity contribution in [3.63, 3.8) is 0 Å². The van der Waals surface area contributed by atoms with E-state index >= 15 is 0 Å². The molecule has 21 heavy (non-hydrogen) atoms. The molecular formula is C15H13NO5. The van der Waals surface area contributed by atoms with Crippen LogP contribution in [0.15, 0.2) is 48.5 Å². The van der Waals surface area contributed by atoms with Crippen LogP contribution in [0.1, 0.15) is 10.4 Å². The second-order valence-corrected chi connectivity index (χ2v) is 4.15. The first-order valence-corrected chi connectivity index (χ1v) is 6.11. The molecule has 0 radical (unpaired) electrons. The van der Waals surface area contributed by atoms with Crippen molar-refractivity contribution in [2.24, 2.45) is 0 Å². The van der Waals surface area contributed by atoms with Crippen LogP contribution in [0, 0.1) is 0 Å². The summed E-state index contributed by atoms with van der Waals surface area (Å²) in [6.07, 6.45) is 0. The van der Waals surface area contributed by atoms with Crippen molar-refractivity contribution in [2.45, 2.75) is 0 Å². The molecule has 0 aliphatic carbocycles. The number of ether oxygens (including phenoxy) is 1. The summed E-state index contributed by atoms with van der Waals surface area (Å²) in [4.78, 5) is 21.7. The number of hydrogen-bond donors (Lipinski definition) is 3. The lowest BCUT2D eigenvalue weighted by atomic mass is 10.1. The zero-order chi connectivity index (χ0) is 15.2. The fraction of sp³-hybridized carbons (Fsp3) is 0.0667. The molecule has 0 aliphatic rings. The predicted molar refractivity (Wildman–Crippen MR) is 76.3 cm³/mol. The van der Waals surface area contributed by atoms with E-state index in [1.807, 2.05) is 0 Å². The van der Waals surface area contributed by atoms with E-state index in [1.165, 1.54) is 6.07 Å². The molecule has 2 rings (SSSR count). The first kappa shape index (κ1) is 14.4. The Morgan fingerprint density at radius 2 is 1.57 bits per heavy atom. The van der Waals surface area contributed by atoms with Crippen molar-refractivity contribution < 1.29 is 24.5 Å². The summed E-state index contributed by atoms with van der Waals surface area (Å²) in [7, 11) is 0. The molecule has 6 heteroatoms. The van der Waals surface area contributed by atoms with Gasteiger partial charge in [0.1, 0.15) is 5.75 Å². The van der Waals surface area contributed by atoms with Gasteiger partial charge in [0.05, 0.1) is 16.9 Å². The van der Waals surface area contributed by atoms with E-state index in [2.05, 4.69) is 5.32 Å². The standard InChI is InChI=1S/C15H13NO5/c17-14(18)9-21-13-8-4-3-7-12(13)16-11-6-2-1-5-10(11)15(19)20/h1-8,16H,9H2,(H,17,18)(H,19,20). The van der Waals surface area contributed by atoms with Gasteiger partial charge < -0.3 is 20.3 Å². The molecule has 3 N–H and O–H groups in total. The number of anilines is 2. The molecule has 6 nitrogen and oxygen atoms in total. The molecule has 0 spiro atoms. The van der Waals surface area contributed by atoms with E-state index in [0.717, 1.165) is 0 Å². The molecule has 0 saturated heterocycles. The summed E-state index contributed by atoms with van der Waals surface area (Å²) in [6.45, 7) is -0.473. The van der Waals surface area contributed by atoms with Gasteiger partial charge in [-0.1, -0.05) is 24.3 Å².